The van der Waals surface area contributed by atoms with Crippen LogP contribution >= 0.6 is 0 Å². The van der Waals surface area contributed by atoms with Gasteiger partial charge in [0.25, 0.3) is 0 Å². The van der Waals surface area contributed by atoms with Crippen molar-refractivity contribution < 1.29 is 52.3 Å². The van der Waals surface area contributed by atoms with E-state index in [0.717, 1.165) is 31.2 Å². The van der Waals surface area contributed by atoms with E-state index in [9.17, 15) is 24.7 Å². The molecule has 1 saturated heterocycles. The van der Waals surface area contributed by atoms with Crippen LogP contribution in [0.15, 0.2) is 139 Å². The molecule has 1 aliphatic heterocycles. The molecule has 0 aliphatic carbocycles. The molecule has 0 amide bonds. The standard InChI is InChI=1S/C57H71N3O11/c1-3-5-6-7-8-9-10-11-12-13-14-15-16-17-30-39-48(66-41-43-31-22-18-23-32-43)47(59-60-58)42-67-57-52(70-55(63)46-37-28-21-29-38-46)50(69-54(62)45-35-26-20-27-36-45)49(51(71-57)56(64)65-40-4-2)68-53(61)44-33-24-19-25-34-44/h4,18-29,31-38,47-52,57H,2-3,5-17,30,39-42H2,1H3/t47-,48+,49-,50-,51-,52+,57+/m0/s1. The third-order valence-electron chi connectivity index (χ3n) is 12.3. The van der Waals surface area contributed by atoms with E-state index in [0.29, 0.717) is 6.42 Å². The Morgan fingerprint density at radius 3 is 1.52 bits per heavy atom. The SMILES string of the molecule is C=CCOC(=O)[C@H]1O[C@@H](OC[C@H](N=[N+]=[N-])[C@@H](CCCCCCCCCCCCCCCCC)OCc2ccccc2)[C@H](OC(=O)c2ccccc2)[C@@H](OC(=O)c2ccccc2)[C@@H]1OC(=O)c1ccccc1. The number of esters is 4. The van der Waals surface area contributed by atoms with Gasteiger partial charge in [-0.05, 0) is 53.9 Å². The molecule has 0 aromatic heterocycles. The van der Waals surface area contributed by atoms with Crippen molar-refractivity contribution in [1.29, 1.82) is 0 Å². The van der Waals surface area contributed by atoms with E-state index in [1.54, 1.807) is 54.6 Å². The first-order valence-electron chi connectivity index (χ1n) is 25.3. The second-order valence-electron chi connectivity index (χ2n) is 17.7. The lowest BCUT2D eigenvalue weighted by Gasteiger charge is -2.43. The minimum Gasteiger partial charge on any atom is -0.459 e. The summed E-state index contributed by atoms with van der Waals surface area (Å²) in [5, 5.41) is 4.14. The smallest absolute Gasteiger partial charge is 0.339 e. The van der Waals surface area contributed by atoms with Crippen molar-refractivity contribution in [1.82, 2.24) is 0 Å². The number of hydrogen-bond acceptors (Lipinski definition) is 12. The molecule has 0 spiro atoms. The summed E-state index contributed by atoms with van der Waals surface area (Å²) in [5.41, 5.74) is 11.2. The van der Waals surface area contributed by atoms with Crippen LogP contribution in [0.5, 0.6) is 0 Å². The van der Waals surface area contributed by atoms with Crippen molar-refractivity contribution in [3.05, 3.63) is 167 Å². The molecule has 0 radical (unpaired) electrons. The number of benzene rings is 4. The Balaban J connectivity index is 1.38. The molecule has 4 aromatic carbocycles. The number of ether oxygens (including phenoxy) is 7. The van der Waals surface area contributed by atoms with E-state index in [1.165, 1.54) is 113 Å². The first kappa shape index (κ1) is 55.6. The summed E-state index contributed by atoms with van der Waals surface area (Å²) in [6.07, 6.45) is 10.8. The first-order chi connectivity index (χ1) is 34.8. The summed E-state index contributed by atoms with van der Waals surface area (Å²) >= 11 is 0. The molecule has 71 heavy (non-hydrogen) atoms. The number of carbonyl (C=O) groups is 4. The minimum atomic E-state index is -1.80. The van der Waals surface area contributed by atoms with Gasteiger partial charge in [0.2, 0.25) is 0 Å². The van der Waals surface area contributed by atoms with Crippen molar-refractivity contribution >= 4 is 23.9 Å². The lowest BCUT2D eigenvalue weighted by molar-refractivity contribution is -0.294. The summed E-state index contributed by atoms with van der Waals surface area (Å²) in [4.78, 5) is 59.0. The van der Waals surface area contributed by atoms with Gasteiger partial charge >= 0.3 is 23.9 Å². The van der Waals surface area contributed by atoms with Gasteiger partial charge in [-0.25, -0.2) is 19.2 Å². The molecule has 0 saturated carbocycles. The maximum absolute atomic E-state index is 14.0. The topological polar surface area (TPSA) is 182 Å². The van der Waals surface area contributed by atoms with Gasteiger partial charge in [-0.1, -0.05) is 206 Å². The largest absolute Gasteiger partial charge is 0.459 e. The van der Waals surface area contributed by atoms with E-state index >= 15 is 0 Å². The number of hydrogen-bond donors (Lipinski definition) is 0. The molecule has 1 fully saturated rings. The Morgan fingerprint density at radius 1 is 0.620 bits per heavy atom. The highest BCUT2D eigenvalue weighted by Crippen LogP contribution is 2.33. The van der Waals surface area contributed by atoms with Crippen LogP contribution in [0.4, 0.5) is 0 Å². The van der Waals surface area contributed by atoms with Crippen LogP contribution in [0.2, 0.25) is 0 Å². The first-order valence-corrected chi connectivity index (χ1v) is 25.3. The second kappa shape index (κ2) is 32.6. The predicted molar refractivity (Wildman–Crippen MR) is 270 cm³/mol. The molecule has 1 heterocycles. The summed E-state index contributed by atoms with van der Waals surface area (Å²) in [6.45, 7) is 5.51. The van der Waals surface area contributed by atoms with Gasteiger partial charge in [0.15, 0.2) is 30.7 Å². The third kappa shape index (κ3) is 19.4. The zero-order valence-electron chi connectivity index (χ0n) is 41.1. The van der Waals surface area contributed by atoms with E-state index in [1.807, 2.05) is 30.3 Å². The fourth-order valence-corrected chi connectivity index (χ4v) is 8.40. The fraction of sp³-hybridized carbons (Fsp3) is 0.474. The van der Waals surface area contributed by atoms with Gasteiger partial charge in [-0.2, -0.15) is 0 Å². The van der Waals surface area contributed by atoms with Crippen LogP contribution in [-0.2, 0) is 44.6 Å². The number of nitrogens with zero attached hydrogens (tertiary/aromatic N) is 3. The maximum Gasteiger partial charge on any atom is 0.339 e. The monoisotopic (exact) mass is 974 g/mol. The molecule has 1 aliphatic rings. The highest BCUT2D eigenvalue weighted by Gasteiger charge is 2.56. The molecular weight excluding hydrogens is 903 g/mol. The van der Waals surface area contributed by atoms with Crippen molar-refractivity contribution in [2.24, 2.45) is 5.11 Å². The van der Waals surface area contributed by atoms with E-state index in [-0.39, 0.29) is 36.5 Å². The van der Waals surface area contributed by atoms with E-state index in [4.69, 9.17) is 33.2 Å². The third-order valence-corrected chi connectivity index (χ3v) is 12.3. The van der Waals surface area contributed by atoms with Crippen LogP contribution in [0.25, 0.3) is 10.4 Å². The lowest BCUT2D eigenvalue weighted by Crippen LogP contribution is -2.64. The quantitative estimate of drug-likeness (QED) is 0.00842. The Morgan fingerprint density at radius 2 is 1.06 bits per heavy atom. The zero-order valence-corrected chi connectivity index (χ0v) is 41.1. The number of carbonyl (C=O) groups excluding carboxylic acids is 4. The van der Waals surface area contributed by atoms with Crippen LogP contribution in [0, 0.1) is 0 Å². The molecule has 7 atom stereocenters. The second-order valence-corrected chi connectivity index (χ2v) is 17.7. The van der Waals surface area contributed by atoms with Crippen molar-refractivity contribution in [2.75, 3.05) is 13.2 Å². The normalized spacial score (nSPS) is 18.2. The Bertz CT molecular complexity index is 2210. The number of rotatable bonds is 33. The molecule has 380 valence electrons. The van der Waals surface area contributed by atoms with Crippen LogP contribution in [0.3, 0.4) is 0 Å². The van der Waals surface area contributed by atoms with Crippen LogP contribution in [-0.4, -0.2) is 79.9 Å². The lowest BCUT2D eigenvalue weighted by atomic mass is 9.97. The molecule has 5 rings (SSSR count). The Kier molecular flexibility index (Phi) is 25.5. The Hall–Kier alpha value is -6.31. The number of unbranched alkanes of at least 4 members (excludes halogenated alkanes) is 14. The van der Waals surface area contributed by atoms with Gasteiger partial charge in [-0.3, -0.25) is 0 Å². The fourth-order valence-electron chi connectivity index (χ4n) is 8.40. The van der Waals surface area contributed by atoms with Crippen molar-refractivity contribution in [3.63, 3.8) is 0 Å². The molecule has 4 aromatic rings. The van der Waals surface area contributed by atoms with Gasteiger partial charge in [0.05, 0.1) is 42.0 Å². The molecule has 14 heteroatoms. The van der Waals surface area contributed by atoms with Gasteiger partial charge in [-0.15, -0.1) is 0 Å². The van der Waals surface area contributed by atoms with Crippen molar-refractivity contribution in [3.8, 4) is 0 Å². The van der Waals surface area contributed by atoms with Crippen LogP contribution < -0.4 is 0 Å². The minimum absolute atomic E-state index is 0.114. The maximum atomic E-state index is 14.0. The molecule has 0 bridgehead atoms. The summed E-state index contributed by atoms with van der Waals surface area (Å²) < 4.78 is 43.0. The number of azide groups is 1. The summed E-state index contributed by atoms with van der Waals surface area (Å²) in [5.74, 6) is -3.66. The highest BCUT2D eigenvalue weighted by atomic mass is 16.7. The zero-order chi connectivity index (χ0) is 50.3. The van der Waals surface area contributed by atoms with Gasteiger partial charge < -0.3 is 33.2 Å². The summed E-state index contributed by atoms with van der Waals surface area (Å²) in [6, 6.07) is 32.7. The van der Waals surface area contributed by atoms with Gasteiger partial charge in [0.1, 0.15) is 6.61 Å². The van der Waals surface area contributed by atoms with Crippen molar-refractivity contribution in [2.45, 2.75) is 159 Å². The molecule has 0 unspecified atom stereocenters. The highest BCUT2D eigenvalue weighted by molar-refractivity contribution is 5.91. The average molecular weight is 974 g/mol. The summed E-state index contributed by atoms with van der Waals surface area (Å²) in [7, 11) is 0. The predicted octanol–water partition coefficient (Wildman–Crippen LogP) is 12.7. The molecular formula is C57H71N3O11. The molecule has 0 N–H and O–H groups in total. The van der Waals surface area contributed by atoms with Gasteiger partial charge in [0, 0.05) is 4.91 Å². The molecule has 14 nitrogen and oxygen atoms in total. The van der Waals surface area contributed by atoms with E-state index < -0.39 is 66.7 Å². The van der Waals surface area contributed by atoms with E-state index in [2.05, 4.69) is 23.5 Å². The average Bonchev–Trinajstić information content (AvgIpc) is 3.41. The Labute approximate surface area is 419 Å². The van der Waals surface area contributed by atoms with Crippen LogP contribution in [0.1, 0.15) is 146 Å².